The Hall–Kier alpha value is -1.22. The minimum Gasteiger partial charge on any atom is -0.381 e. The number of ether oxygens (including phenoxy) is 1. The van der Waals surface area contributed by atoms with Gasteiger partial charge in [-0.3, -0.25) is 0 Å². The lowest BCUT2D eigenvalue weighted by Gasteiger charge is -2.25. The maximum absolute atomic E-state index is 5.37. The molecular formula is C15H24IN5O. The van der Waals surface area contributed by atoms with Gasteiger partial charge in [0.05, 0.1) is 12.2 Å². The molecule has 2 N–H and O–H groups in total. The van der Waals surface area contributed by atoms with E-state index in [1.165, 1.54) is 0 Å². The molecule has 0 amide bonds. The zero-order valence-corrected chi connectivity index (χ0v) is 15.2. The average molecular weight is 417 g/mol. The highest BCUT2D eigenvalue weighted by Gasteiger charge is 2.14. The lowest BCUT2D eigenvalue weighted by molar-refractivity contribution is 0.0822. The Bertz CT molecular complexity index is 489. The Balaban J connectivity index is 0.00000242. The number of aliphatic imine (C=N–C) groups is 1. The fourth-order valence-corrected chi connectivity index (χ4v) is 2.11. The highest BCUT2D eigenvalue weighted by atomic mass is 127. The smallest absolute Gasteiger partial charge is 0.192 e. The molecule has 0 atom stereocenters. The van der Waals surface area contributed by atoms with Crippen molar-refractivity contribution in [2.24, 2.45) is 4.99 Å². The molecule has 1 aliphatic heterocycles. The van der Waals surface area contributed by atoms with Gasteiger partial charge in [-0.05, 0) is 25.8 Å². The molecule has 0 bridgehead atoms. The van der Waals surface area contributed by atoms with Crippen LogP contribution in [0.2, 0.25) is 0 Å². The van der Waals surface area contributed by atoms with Crippen molar-refractivity contribution < 1.29 is 4.74 Å². The standard InChI is InChI=1S/C15H23N5O.HI/c1-3-7-17-15(20-13-5-9-21-10-6-13)18-11-14-4-8-16-12(2)19-14;/h3-4,8,13H,1,5-7,9-11H2,2H3,(H2,17,18,20);1H. The van der Waals surface area contributed by atoms with Crippen molar-refractivity contribution in [3.05, 3.63) is 36.4 Å². The Morgan fingerprint density at radius 2 is 2.27 bits per heavy atom. The number of rotatable bonds is 5. The van der Waals surface area contributed by atoms with Crippen LogP contribution >= 0.6 is 24.0 Å². The third-order valence-electron chi connectivity index (χ3n) is 3.21. The molecule has 0 aliphatic carbocycles. The molecule has 122 valence electrons. The van der Waals surface area contributed by atoms with E-state index >= 15 is 0 Å². The first-order chi connectivity index (χ1) is 10.3. The topological polar surface area (TPSA) is 71.4 Å². The third kappa shape index (κ3) is 6.69. The molecule has 2 heterocycles. The molecule has 0 spiro atoms. The van der Waals surface area contributed by atoms with Crippen LogP contribution in [-0.4, -0.2) is 41.7 Å². The summed E-state index contributed by atoms with van der Waals surface area (Å²) in [6.45, 7) is 8.41. The molecule has 1 saturated heterocycles. The number of guanidine groups is 1. The van der Waals surface area contributed by atoms with E-state index in [4.69, 9.17) is 4.74 Å². The molecular weight excluding hydrogens is 393 g/mol. The second-order valence-corrected chi connectivity index (χ2v) is 4.96. The van der Waals surface area contributed by atoms with Crippen LogP contribution in [0.4, 0.5) is 0 Å². The molecule has 7 heteroatoms. The zero-order chi connectivity index (χ0) is 14.9. The molecule has 22 heavy (non-hydrogen) atoms. The van der Waals surface area contributed by atoms with Gasteiger partial charge in [0, 0.05) is 32.0 Å². The van der Waals surface area contributed by atoms with Crippen molar-refractivity contribution >= 4 is 29.9 Å². The molecule has 1 fully saturated rings. The van der Waals surface area contributed by atoms with Crippen molar-refractivity contribution in [2.75, 3.05) is 19.8 Å². The number of hydrogen-bond donors (Lipinski definition) is 2. The Labute approximate surface area is 148 Å². The number of hydrogen-bond acceptors (Lipinski definition) is 4. The zero-order valence-electron chi connectivity index (χ0n) is 12.9. The highest BCUT2D eigenvalue weighted by Crippen LogP contribution is 2.06. The largest absolute Gasteiger partial charge is 0.381 e. The van der Waals surface area contributed by atoms with Gasteiger partial charge in [0.15, 0.2) is 5.96 Å². The van der Waals surface area contributed by atoms with Crippen molar-refractivity contribution in [3.63, 3.8) is 0 Å². The number of aromatic nitrogens is 2. The average Bonchev–Trinajstić information content (AvgIpc) is 2.51. The van der Waals surface area contributed by atoms with Crippen molar-refractivity contribution in [2.45, 2.75) is 32.4 Å². The van der Waals surface area contributed by atoms with Crippen LogP contribution in [-0.2, 0) is 11.3 Å². The van der Waals surface area contributed by atoms with Crippen LogP contribution in [0.3, 0.4) is 0 Å². The lowest BCUT2D eigenvalue weighted by atomic mass is 10.1. The van der Waals surface area contributed by atoms with E-state index in [0.717, 1.165) is 43.5 Å². The number of halogens is 1. The van der Waals surface area contributed by atoms with E-state index in [2.05, 4.69) is 32.2 Å². The SMILES string of the molecule is C=CCNC(=NCc1ccnc(C)n1)NC1CCOCC1.I. The lowest BCUT2D eigenvalue weighted by Crippen LogP contribution is -2.45. The molecule has 0 saturated carbocycles. The van der Waals surface area contributed by atoms with Crippen molar-refractivity contribution in [1.29, 1.82) is 0 Å². The Morgan fingerprint density at radius 1 is 1.50 bits per heavy atom. The minimum atomic E-state index is 0. The summed E-state index contributed by atoms with van der Waals surface area (Å²) in [4.78, 5) is 13.0. The van der Waals surface area contributed by atoms with E-state index < -0.39 is 0 Å². The highest BCUT2D eigenvalue weighted by molar-refractivity contribution is 14.0. The number of nitrogens with zero attached hydrogens (tertiary/aromatic N) is 3. The monoisotopic (exact) mass is 417 g/mol. The van der Waals surface area contributed by atoms with Gasteiger partial charge in [-0.1, -0.05) is 6.08 Å². The summed E-state index contributed by atoms with van der Waals surface area (Å²) >= 11 is 0. The van der Waals surface area contributed by atoms with Gasteiger partial charge in [0.1, 0.15) is 5.82 Å². The molecule has 0 radical (unpaired) electrons. The predicted molar refractivity (Wildman–Crippen MR) is 98.5 cm³/mol. The molecule has 0 unspecified atom stereocenters. The van der Waals surface area contributed by atoms with Gasteiger partial charge >= 0.3 is 0 Å². The van der Waals surface area contributed by atoms with Crippen LogP contribution in [0.15, 0.2) is 29.9 Å². The molecule has 2 rings (SSSR count). The first-order valence-electron chi connectivity index (χ1n) is 7.30. The summed E-state index contributed by atoms with van der Waals surface area (Å²) < 4.78 is 5.37. The normalized spacial score (nSPS) is 15.8. The van der Waals surface area contributed by atoms with Crippen molar-refractivity contribution in [3.8, 4) is 0 Å². The Morgan fingerprint density at radius 3 is 2.95 bits per heavy atom. The number of aryl methyl sites for hydroxylation is 1. The number of nitrogens with one attached hydrogen (secondary N) is 2. The Kier molecular flexibility index (Phi) is 8.98. The molecule has 1 aliphatic rings. The van der Waals surface area contributed by atoms with E-state index in [9.17, 15) is 0 Å². The maximum atomic E-state index is 5.37. The third-order valence-corrected chi connectivity index (χ3v) is 3.21. The summed E-state index contributed by atoms with van der Waals surface area (Å²) in [6, 6.07) is 2.29. The summed E-state index contributed by atoms with van der Waals surface area (Å²) in [7, 11) is 0. The fraction of sp³-hybridized carbons (Fsp3) is 0.533. The van der Waals surface area contributed by atoms with Crippen LogP contribution < -0.4 is 10.6 Å². The van der Waals surface area contributed by atoms with Gasteiger partial charge in [0.2, 0.25) is 0 Å². The van der Waals surface area contributed by atoms with Crippen LogP contribution in [0, 0.1) is 6.92 Å². The minimum absolute atomic E-state index is 0. The van der Waals surface area contributed by atoms with Crippen LogP contribution in [0.1, 0.15) is 24.4 Å². The van der Waals surface area contributed by atoms with Gasteiger partial charge in [-0.25, -0.2) is 15.0 Å². The fourth-order valence-electron chi connectivity index (χ4n) is 2.11. The van der Waals surface area contributed by atoms with E-state index in [0.29, 0.717) is 19.1 Å². The van der Waals surface area contributed by atoms with Crippen molar-refractivity contribution in [1.82, 2.24) is 20.6 Å². The summed E-state index contributed by atoms with van der Waals surface area (Å²) in [6.07, 6.45) is 5.58. The van der Waals surface area contributed by atoms with Gasteiger partial charge in [0.25, 0.3) is 0 Å². The first-order valence-corrected chi connectivity index (χ1v) is 7.30. The maximum Gasteiger partial charge on any atom is 0.192 e. The summed E-state index contributed by atoms with van der Waals surface area (Å²) in [5, 5.41) is 6.68. The van der Waals surface area contributed by atoms with E-state index in [-0.39, 0.29) is 24.0 Å². The van der Waals surface area contributed by atoms with Crippen LogP contribution in [0.25, 0.3) is 0 Å². The second kappa shape index (κ2) is 10.5. The second-order valence-electron chi connectivity index (χ2n) is 4.96. The van der Waals surface area contributed by atoms with Gasteiger partial charge < -0.3 is 15.4 Å². The van der Waals surface area contributed by atoms with Gasteiger partial charge in [-0.2, -0.15) is 0 Å². The molecule has 6 nitrogen and oxygen atoms in total. The van der Waals surface area contributed by atoms with E-state index in [1.54, 1.807) is 6.20 Å². The summed E-state index contributed by atoms with van der Waals surface area (Å²) in [5.41, 5.74) is 0.911. The van der Waals surface area contributed by atoms with Crippen LogP contribution in [0.5, 0.6) is 0 Å². The van der Waals surface area contributed by atoms with Gasteiger partial charge in [-0.15, -0.1) is 30.6 Å². The summed E-state index contributed by atoms with van der Waals surface area (Å²) in [5.74, 6) is 1.55. The quantitative estimate of drug-likeness (QED) is 0.331. The molecule has 0 aromatic carbocycles. The first kappa shape index (κ1) is 18.8. The molecule has 1 aromatic rings. The van der Waals surface area contributed by atoms with E-state index in [1.807, 2.05) is 19.1 Å². The predicted octanol–water partition coefficient (Wildman–Crippen LogP) is 1.80. The molecule has 1 aromatic heterocycles.